The zero-order valence-corrected chi connectivity index (χ0v) is 16.7. The van der Waals surface area contributed by atoms with Gasteiger partial charge in [-0.2, -0.15) is 5.10 Å². The van der Waals surface area contributed by atoms with Crippen LogP contribution in [0.15, 0.2) is 48.5 Å². The minimum absolute atomic E-state index is 0.155. The van der Waals surface area contributed by atoms with E-state index in [1.807, 2.05) is 6.92 Å². The molecule has 1 aliphatic rings. The van der Waals surface area contributed by atoms with E-state index in [1.54, 1.807) is 36.1 Å². The Kier molecular flexibility index (Phi) is 4.92. The third-order valence-electron chi connectivity index (χ3n) is 5.31. The molecule has 6 heteroatoms. The van der Waals surface area contributed by atoms with Gasteiger partial charge in [-0.1, -0.05) is 31.2 Å². The van der Waals surface area contributed by atoms with Crippen molar-refractivity contribution in [3.63, 3.8) is 0 Å². The van der Waals surface area contributed by atoms with Gasteiger partial charge in [0.2, 0.25) is 0 Å². The van der Waals surface area contributed by atoms with E-state index in [0.717, 1.165) is 23.2 Å². The highest BCUT2D eigenvalue weighted by molar-refractivity contribution is 6.10. The molecule has 148 valence electrons. The van der Waals surface area contributed by atoms with E-state index in [2.05, 4.69) is 41.4 Å². The van der Waals surface area contributed by atoms with E-state index in [0.29, 0.717) is 23.6 Å². The molecule has 3 aromatic rings. The summed E-state index contributed by atoms with van der Waals surface area (Å²) >= 11 is 0. The van der Waals surface area contributed by atoms with Crippen LogP contribution in [0.2, 0.25) is 0 Å². The van der Waals surface area contributed by atoms with Gasteiger partial charge < -0.3 is 4.74 Å². The van der Waals surface area contributed by atoms with Crippen molar-refractivity contribution in [2.75, 3.05) is 11.5 Å². The highest BCUT2D eigenvalue weighted by Gasteiger charge is 2.42. The molecular weight excluding hydrogens is 366 g/mol. The number of hydrogen-bond donors (Lipinski definition) is 1. The average Bonchev–Trinajstić information content (AvgIpc) is 3.26. The minimum Gasteiger partial charge on any atom is -0.462 e. The largest absolute Gasteiger partial charge is 0.462 e. The van der Waals surface area contributed by atoms with Gasteiger partial charge in [-0.3, -0.25) is 14.8 Å². The second kappa shape index (κ2) is 7.54. The summed E-state index contributed by atoms with van der Waals surface area (Å²) in [7, 11) is 0. The Balaban J connectivity index is 1.76. The molecule has 0 aliphatic carbocycles. The molecule has 29 heavy (non-hydrogen) atoms. The van der Waals surface area contributed by atoms with Crippen LogP contribution in [-0.4, -0.2) is 28.7 Å². The van der Waals surface area contributed by atoms with Gasteiger partial charge in [0.1, 0.15) is 0 Å². The van der Waals surface area contributed by atoms with E-state index in [9.17, 15) is 9.59 Å². The van der Waals surface area contributed by atoms with Gasteiger partial charge in [0.05, 0.1) is 18.2 Å². The number of rotatable bonds is 5. The van der Waals surface area contributed by atoms with Gasteiger partial charge in [0.25, 0.3) is 5.91 Å². The molecule has 0 unspecified atom stereocenters. The van der Waals surface area contributed by atoms with E-state index in [-0.39, 0.29) is 17.9 Å². The first-order valence-electron chi connectivity index (χ1n) is 9.79. The summed E-state index contributed by atoms with van der Waals surface area (Å²) in [5, 5.41) is 7.19. The normalized spacial score (nSPS) is 15.5. The fourth-order valence-electron chi connectivity index (χ4n) is 3.79. The summed E-state index contributed by atoms with van der Waals surface area (Å²) in [4.78, 5) is 26.9. The lowest BCUT2D eigenvalue weighted by Gasteiger charge is -2.26. The summed E-state index contributed by atoms with van der Waals surface area (Å²) in [6.45, 7) is 6.14. The molecule has 2 aromatic carbocycles. The molecule has 0 spiro atoms. The molecule has 6 nitrogen and oxygen atoms in total. The zero-order chi connectivity index (χ0) is 20.5. The average molecular weight is 389 g/mol. The lowest BCUT2D eigenvalue weighted by molar-refractivity contribution is 0.0526. The number of nitrogens with one attached hydrogen (secondary N) is 1. The molecule has 1 atom stereocenters. The molecule has 0 radical (unpaired) electrons. The third kappa shape index (κ3) is 3.20. The molecule has 4 rings (SSSR count). The zero-order valence-electron chi connectivity index (χ0n) is 16.7. The number of ether oxygens (including phenoxy) is 1. The maximum atomic E-state index is 13.2. The number of nitrogens with zero attached hydrogens (tertiary/aromatic N) is 2. The summed E-state index contributed by atoms with van der Waals surface area (Å²) in [5.74, 6) is -0.527. The second-order valence-corrected chi connectivity index (χ2v) is 7.05. The molecule has 1 aliphatic heterocycles. The Morgan fingerprint density at radius 2 is 1.79 bits per heavy atom. The van der Waals surface area contributed by atoms with Crippen LogP contribution in [0.5, 0.6) is 0 Å². The SMILES string of the molecule is CCOC(=O)c1ccc(N2C(=O)c3n[nH]c(C)c3[C@@H]2c2ccc(CC)cc2)cc1. The number of esters is 1. The first kappa shape index (κ1) is 18.9. The highest BCUT2D eigenvalue weighted by Crippen LogP contribution is 2.42. The monoisotopic (exact) mass is 389 g/mol. The molecule has 1 amide bonds. The smallest absolute Gasteiger partial charge is 0.338 e. The Bertz CT molecular complexity index is 1050. The van der Waals surface area contributed by atoms with Crippen molar-refractivity contribution in [3.8, 4) is 0 Å². The fourth-order valence-corrected chi connectivity index (χ4v) is 3.79. The Morgan fingerprint density at radius 1 is 1.10 bits per heavy atom. The minimum atomic E-state index is -0.373. The number of hydrogen-bond acceptors (Lipinski definition) is 4. The van der Waals surface area contributed by atoms with Gasteiger partial charge >= 0.3 is 5.97 Å². The van der Waals surface area contributed by atoms with Crippen LogP contribution < -0.4 is 4.90 Å². The summed E-state index contributed by atoms with van der Waals surface area (Å²) < 4.78 is 5.05. The molecule has 2 heterocycles. The lowest BCUT2D eigenvalue weighted by Crippen LogP contribution is -2.29. The van der Waals surface area contributed by atoms with E-state index < -0.39 is 0 Å². The lowest BCUT2D eigenvalue weighted by atomic mass is 9.97. The van der Waals surface area contributed by atoms with Crippen LogP contribution >= 0.6 is 0 Å². The van der Waals surface area contributed by atoms with Crippen molar-refractivity contribution >= 4 is 17.6 Å². The molecule has 0 bridgehead atoms. The topological polar surface area (TPSA) is 75.3 Å². The van der Waals surface area contributed by atoms with Crippen molar-refractivity contribution < 1.29 is 14.3 Å². The maximum absolute atomic E-state index is 13.2. The highest BCUT2D eigenvalue weighted by atomic mass is 16.5. The number of amides is 1. The van der Waals surface area contributed by atoms with Crippen molar-refractivity contribution in [1.29, 1.82) is 0 Å². The van der Waals surface area contributed by atoms with Crippen LogP contribution in [0, 0.1) is 6.92 Å². The predicted octanol–water partition coefficient (Wildman–Crippen LogP) is 4.21. The number of aromatic nitrogens is 2. The van der Waals surface area contributed by atoms with Gasteiger partial charge in [-0.05, 0) is 55.7 Å². The van der Waals surface area contributed by atoms with Crippen LogP contribution in [0.1, 0.15) is 63.1 Å². The molecule has 0 saturated heterocycles. The standard InChI is InChI=1S/C23H23N3O3/c1-4-15-6-8-16(9-7-15)21-19-14(3)24-25-20(19)22(27)26(21)18-12-10-17(11-13-18)23(28)29-5-2/h6-13,21H,4-5H2,1-3H3,(H,24,25)/t21-/m0/s1. The summed E-state index contributed by atoms with van der Waals surface area (Å²) in [6, 6.07) is 15.0. The fraction of sp³-hybridized carbons (Fsp3) is 0.261. The number of fused-ring (bicyclic) bond motifs is 1. The van der Waals surface area contributed by atoms with E-state index >= 15 is 0 Å². The molecule has 1 aromatic heterocycles. The number of H-pyrrole nitrogens is 1. The number of carbonyl (C=O) groups excluding carboxylic acids is 2. The maximum Gasteiger partial charge on any atom is 0.338 e. The van der Waals surface area contributed by atoms with Gasteiger partial charge in [-0.15, -0.1) is 0 Å². The number of benzene rings is 2. The van der Waals surface area contributed by atoms with Crippen molar-refractivity contribution in [1.82, 2.24) is 10.2 Å². The number of carbonyl (C=O) groups is 2. The molecule has 0 fully saturated rings. The first-order valence-corrected chi connectivity index (χ1v) is 9.79. The Hall–Kier alpha value is -3.41. The third-order valence-corrected chi connectivity index (χ3v) is 5.31. The van der Waals surface area contributed by atoms with Crippen LogP contribution in [0.3, 0.4) is 0 Å². The van der Waals surface area contributed by atoms with Crippen LogP contribution in [-0.2, 0) is 11.2 Å². The Labute approximate surface area is 169 Å². The van der Waals surface area contributed by atoms with Crippen molar-refractivity contribution in [2.24, 2.45) is 0 Å². The Morgan fingerprint density at radius 3 is 2.41 bits per heavy atom. The van der Waals surface area contributed by atoms with E-state index in [1.165, 1.54) is 5.56 Å². The van der Waals surface area contributed by atoms with Crippen LogP contribution in [0.25, 0.3) is 0 Å². The number of aromatic amines is 1. The first-order chi connectivity index (χ1) is 14.0. The van der Waals surface area contributed by atoms with Crippen LogP contribution in [0.4, 0.5) is 5.69 Å². The van der Waals surface area contributed by atoms with E-state index in [4.69, 9.17) is 4.74 Å². The summed E-state index contributed by atoms with van der Waals surface area (Å²) in [5.41, 5.74) is 5.66. The number of anilines is 1. The van der Waals surface area contributed by atoms with Gasteiger partial charge in [0, 0.05) is 16.9 Å². The quantitative estimate of drug-likeness (QED) is 0.664. The molecule has 1 N–H and O–H groups in total. The molecular formula is C23H23N3O3. The van der Waals surface area contributed by atoms with Gasteiger partial charge in [0.15, 0.2) is 5.69 Å². The predicted molar refractivity (Wildman–Crippen MR) is 110 cm³/mol. The van der Waals surface area contributed by atoms with Crippen molar-refractivity contribution in [3.05, 3.63) is 82.2 Å². The second-order valence-electron chi connectivity index (χ2n) is 7.05. The molecule has 0 saturated carbocycles. The van der Waals surface area contributed by atoms with Crippen molar-refractivity contribution in [2.45, 2.75) is 33.2 Å². The van der Waals surface area contributed by atoms with Gasteiger partial charge in [-0.25, -0.2) is 4.79 Å². The summed E-state index contributed by atoms with van der Waals surface area (Å²) in [6.07, 6.45) is 0.957. The number of aryl methyl sites for hydroxylation is 2.